The van der Waals surface area contributed by atoms with E-state index in [1.807, 2.05) is 0 Å². The molecule has 0 heterocycles. The number of benzene rings is 1. The summed E-state index contributed by atoms with van der Waals surface area (Å²) in [5.41, 5.74) is 1.27. The summed E-state index contributed by atoms with van der Waals surface area (Å²) in [6, 6.07) is 4.14. The molecule has 0 unspecified atom stereocenters. The van der Waals surface area contributed by atoms with Crippen LogP contribution in [-0.2, 0) is 16.9 Å². The van der Waals surface area contributed by atoms with Gasteiger partial charge in [-0.2, -0.15) is 8.42 Å². The quantitative estimate of drug-likeness (QED) is 0.744. The van der Waals surface area contributed by atoms with Gasteiger partial charge in [0, 0.05) is 12.0 Å². The molecule has 1 aromatic rings. The number of halogens is 1. The van der Waals surface area contributed by atoms with Gasteiger partial charge in [-0.15, -0.1) is 0 Å². The van der Waals surface area contributed by atoms with Crippen LogP contribution >= 0.6 is 0 Å². The van der Waals surface area contributed by atoms with Crippen LogP contribution in [0, 0.1) is 0 Å². The lowest BCUT2D eigenvalue weighted by Crippen LogP contribution is -2.11. The maximum atomic E-state index is 12.3. The first-order valence-corrected chi connectivity index (χ1v) is 6.07. The van der Waals surface area contributed by atoms with Gasteiger partial charge in [-0.05, 0) is 36.6 Å². The van der Waals surface area contributed by atoms with Crippen molar-refractivity contribution in [2.45, 2.75) is 19.3 Å². The molecule has 6 heteroatoms. The van der Waals surface area contributed by atoms with Crippen molar-refractivity contribution in [2.24, 2.45) is 0 Å². The Labute approximate surface area is 92.5 Å². The van der Waals surface area contributed by atoms with Gasteiger partial charge in [0.25, 0.3) is 0 Å². The third-order valence-corrected chi connectivity index (χ3v) is 2.81. The minimum Gasteiger partial charge on any atom is -0.358 e. The molecule has 0 saturated carbocycles. The Balaban J connectivity index is 2.36. The van der Waals surface area contributed by atoms with Crippen molar-refractivity contribution in [1.29, 1.82) is 0 Å². The highest BCUT2D eigenvalue weighted by Gasteiger charge is 2.18. The van der Waals surface area contributed by atoms with Crippen molar-refractivity contribution >= 4 is 16.3 Å². The molecule has 0 radical (unpaired) electrons. The zero-order valence-electron chi connectivity index (χ0n) is 8.27. The highest BCUT2D eigenvalue weighted by molar-refractivity contribution is 7.81. The van der Waals surface area contributed by atoms with Crippen molar-refractivity contribution in [3.05, 3.63) is 29.3 Å². The van der Waals surface area contributed by atoms with Crippen LogP contribution in [0.15, 0.2) is 18.2 Å². The molecule has 0 atom stereocenters. The van der Waals surface area contributed by atoms with Crippen LogP contribution in [0.5, 0.6) is 5.75 Å². The summed E-state index contributed by atoms with van der Waals surface area (Å²) >= 11 is 0. The van der Waals surface area contributed by atoms with Gasteiger partial charge >= 0.3 is 10.5 Å². The molecule has 2 rings (SSSR count). The molecule has 1 aliphatic rings. The molecular formula is C10H9FO4S. The van der Waals surface area contributed by atoms with Crippen LogP contribution in [0.3, 0.4) is 0 Å². The lowest BCUT2D eigenvalue weighted by Gasteiger charge is -2.14. The summed E-state index contributed by atoms with van der Waals surface area (Å²) in [7, 11) is -5.00. The fourth-order valence-corrected chi connectivity index (χ4v) is 2.12. The number of Topliss-reactive ketones (excluding diaryl/α,β-unsaturated/α-hetero) is 1. The maximum absolute atomic E-state index is 12.3. The van der Waals surface area contributed by atoms with Crippen LogP contribution in [0.1, 0.15) is 28.8 Å². The lowest BCUT2D eigenvalue weighted by atomic mass is 9.91. The number of ketones is 1. The van der Waals surface area contributed by atoms with E-state index in [4.69, 9.17) is 0 Å². The summed E-state index contributed by atoms with van der Waals surface area (Å²) in [5.74, 6) is -0.0770. The SMILES string of the molecule is O=C1CCCc2cc(OS(=O)(=O)F)ccc21. The first kappa shape index (κ1) is 11.1. The number of fused-ring (bicyclic) bond motifs is 1. The average molecular weight is 244 g/mol. The smallest absolute Gasteiger partial charge is 0.358 e. The molecule has 0 fully saturated rings. The summed E-state index contributed by atoms with van der Waals surface area (Å²) in [5, 5.41) is 0. The van der Waals surface area contributed by atoms with Gasteiger partial charge in [0.2, 0.25) is 0 Å². The van der Waals surface area contributed by atoms with Crippen LogP contribution in [0.25, 0.3) is 0 Å². The maximum Gasteiger partial charge on any atom is 0.488 e. The summed E-state index contributed by atoms with van der Waals surface area (Å²) < 4.78 is 36.9. The first-order valence-electron chi connectivity index (χ1n) is 4.76. The van der Waals surface area contributed by atoms with Gasteiger partial charge in [-0.1, -0.05) is 3.89 Å². The van der Waals surface area contributed by atoms with Gasteiger partial charge in [0.1, 0.15) is 5.75 Å². The second-order valence-electron chi connectivity index (χ2n) is 3.57. The molecule has 0 bridgehead atoms. The zero-order valence-corrected chi connectivity index (χ0v) is 9.09. The van der Waals surface area contributed by atoms with Crippen LogP contribution in [0.4, 0.5) is 3.89 Å². The number of hydrogen-bond donors (Lipinski definition) is 0. The number of aryl methyl sites for hydroxylation is 1. The van der Waals surface area contributed by atoms with Crippen molar-refractivity contribution in [3.8, 4) is 5.75 Å². The summed E-state index contributed by atoms with van der Waals surface area (Å²) in [6.45, 7) is 0. The molecule has 86 valence electrons. The largest absolute Gasteiger partial charge is 0.488 e. The predicted octanol–water partition coefficient (Wildman–Crippen LogP) is 1.80. The number of carbonyl (C=O) groups excluding carboxylic acids is 1. The van der Waals surface area contributed by atoms with Crippen LogP contribution < -0.4 is 4.18 Å². The van der Waals surface area contributed by atoms with E-state index in [1.165, 1.54) is 18.2 Å². The van der Waals surface area contributed by atoms with E-state index in [1.54, 1.807) is 0 Å². The second-order valence-corrected chi connectivity index (χ2v) is 4.53. The number of hydrogen-bond acceptors (Lipinski definition) is 4. The highest BCUT2D eigenvalue weighted by atomic mass is 32.3. The van der Waals surface area contributed by atoms with Crippen molar-refractivity contribution in [1.82, 2.24) is 0 Å². The van der Waals surface area contributed by atoms with Gasteiger partial charge in [0.05, 0.1) is 0 Å². The molecule has 1 aliphatic carbocycles. The van der Waals surface area contributed by atoms with Crippen molar-refractivity contribution in [3.63, 3.8) is 0 Å². The van der Waals surface area contributed by atoms with E-state index < -0.39 is 10.5 Å². The van der Waals surface area contributed by atoms with E-state index >= 15 is 0 Å². The number of rotatable bonds is 2. The third kappa shape index (κ3) is 2.38. The van der Waals surface area contributed by atoms with Crippen molar-refractivity contribution in [2.75, 3.05) is 0 Å². The Kier molecular flexibility index (Phi) is 2.67. The molecule has 1 aromatic carbocycles. The highest BCUT2D eigenvalue weighted by Crippen LogP contribution is 2.26. The Morgan fingerprint density at radius 1 is 1.25 bits per heavy atom. The molecule has 0 amide bonds. The molecule has 0 aliphatic heterocycles. The number of carbonyl (C=O) groups is 1. The molecule has 0 N–H and O–H groups in total. The van der Waals surface area contributed by atoms with Crippen LogP contribution in [0.2, 0.25) is 0 Å². The minimum atomic E-state index is -5.00. The zero-order chi connectivity index (χ0) is 11.8. The summed E-state index contributed by atoms with van der Waals surface area (Å²) in [4.78, 5) is 11.4. The lowest BCUT2D eigenvalue weighted by molar-refractivity contribution is 0.0972. The fraction of sp³-hybridized carbons (Fsp3) is 0.300. The Hall–Kier alpha value is -1.43. The van der Waals surface area contributed by atoms with E-state index in [0.717, 1.165) is 6.42 Å². The van der Waals surface area contributed by atoms with Gasteiger partial charge in [-0.25, -0.2) is 0 Å². The Morgan fingerprint density at radius 2 is 2.00 bits per heavy atom. The monoisotopic (exact) mass is 244 g/mol. The molecular weight excluding hydrogens is 235 g/mol. The Morgan fingerprint density at radius 3 is 2.69 bits per heavy atom. The van der Waals surface area contributed by atoms with E-state index in [2.05, 4.69) is 4.18 Å². The van der Waals surface area contributed by atoms with E-state index in [9.17, 15) is 17.1 Å². The predicted molar refractivity (Wildman–Crippen MR) is 54.4 cm³/mol. The van der Waals surface area contributed by atoms with Crippen molar-refractivity contribution < 1.29 is 21.3 Å². The van der Waals surface area contributed by atoms with E-state index in [-0.39, 0.29) is 11.5 Å². The summed E-state index contributed by atoms with van der Waals surface area (Å²) in [6.07, 6.45) is 1.89. The molecule has 16 heavy (non-hydrogen) atoms. The fourth-order valence-electron chi connectivity index (χ4n) is 1.79. The molecule has 0 spiro atoms. The van der Waals surface area contributed by atoms with Gasteiger partial charge < -0.3 is 4.18 Å². The second kappa shape index (κ2) is 3.86. The van der Waals surface area contributed by atoms with Gasteiger partial charge in [0.15, 0.2) is 5.78 Å². The molecule has 0 saturated heterocycles. The first-order chi connectivity index (χ1) is 7.46. The molecule has 0 aromatic heterocycles. The topological polar surface area (TPSA) is 60.4 Å². The van der Waals surface area contributed by atoms with Gasteiger partial charge in [-0.3, -0.25) is 4.79 Å². The minimum absolute atomic E-state index is 0.0240. The van der Waals surface area contributed by atoms with Crippen LogP contribution in [-0.4, -0.2) is 14.2 Å². The third-order valence-electron chi connectivity index (χ3n) is 2.42. The Bertz CT molecular complexity index is 536. The normalized spacial score (nSPS) is 15.7. The average Bonchev–Trinajstić information content (AvgIpc) is 2.15. The standard InChI is InChI=1S/C10H9FO4S/c11-16(13,14)15-8-4-5-9-7(6-8)2-1-3-10(9)12/h4-6H,1-3H2. The van der Waals surface area contributed by atoms with E-state index in [0.29, 0.717) is 24.0 Å². The molecule has 4 nitrogen and oxygen atoms in total.